The fourth-order valence-corrected chi connectivity index (χ4v) is 5.33. The number of rotatable bonds is 11. The maximum absolute atomic E-state index is 13.3. The van der Waals surface area contributed by atoms with Gasteiger partial charge in [0.15, 0.2) is 11.5 Å². The van der Waals surface area contributed by atoms with E-state index in [1.54, 1.807) is 11.9 Å². The average molecular weight is 502 g/mol. The zero-order chi connectivity index (χ0) is 25.7. The molecule has 36 heavy (non-hydrogen) atoms. The highest BCUT2D eigenvalue weighted by Gasteiger charge is 2.37. The largest absolute Gasteiger partial charge is 0.454 e. The molecule has 1 aromatic carbocycles. The molecule has 10 heteroatoms. The summed E-state index contributed by atoms with van der Waals surface area (Å²) in [5.41, 5.74) is 6.93. The number of likely N-dealkylation sites (tertiary alicyclic amines) is 1. The first-order valence-electron chi connectivity index (χ1n) is 13.1. The number of amides is 4. The number of ether oxygens (including phenoxy) is 2. The fraction of sp³-hybridized carbons (Fsp3) is 0.654. The van der Waals surface area contributed by atoms with Gasteiger partial charge in [-0.15, -0.1) is 0 Å². The predicted molar refractivity (Wildman–Crippen MR) is 135 cm³/mol. The lowest BCUT2D eigenvalue weighted by Crippen LogP contribution is -2.52. The number of fused-ring (bicyclic) bond motifs is 1. The van der Waals surface area contributed by atoms with Crippen LogP contribution < -0.4 is 15.2 Å². The summed E-state index contributed by atoms with van der Waals surface area (Å²) in [5, 5.41) is 0. The first kappa shape index (κ1) is 26.2. The summed E-state index contributed by atoms with van der Waals surface area (Å²) >= 11 is 0. The SMILES string of the molecule is CCCCN(CCN)C(=O)CN1C[C@H](c2ccc3c(c2)OCO3)C[C@@H]1CCN1C(=O)CCN(C)C1=O. The molecule has 3 heterocycles. The Hall–Kier alpha value is -2.85. The lowest BCUT2D eigenvalue weighted by molar-refractivity contribution is -0.133. The van der Waals surface area contributed by atoms with Crippen molar-refractivity contribution >= 4 is 17.8 Å². The minimum atomic E-state index is -0.243. The van der Waals surface area contributed by atoms with E-state index >= 15 is 0 Å². The molecule has 2 atom stereocenters. The highest BCUT2D eigenvalue weighted by atomic mass is 16.7. The Bertz CT molecular complexity index is 957. The van der Waals surface area contributed by atoms with Crippen molar-refractivity contribution in [1.29, 1.82) is 0 Å². The number of carbonyl (C=O) groups is 3. The topological polar surface area (TPSA) is 109 Å². The van der Waals surface area contributed by atoms with Crippen LogP contribution in [0, 0.1) is 0 Å². The molecule has 0 unspecified atom stereocenters. The van der Waals surface area contributed by atoms with Crippen LogP contribution in [0.2, 0.25) is 0 Å². The van der Waals surface area contributed by atoms with E-state index < -0.39 is 0 Å². The Morgan fingerprint density at radius 2 is 2.00 bits per heavy atom. The molecule has 0 bridgehead atoms. The molecule has 0 aliphatic carbocycles. The molecule has 4 amide bonds. The van der Waals surface area contributed by atoms with Crippen molar-refractivity contribution in [3.8, 4) is 11.5 Å². The Labute approximate surface area is 213 Å². The Kier molecular flexibility index (Phi) is 8.68. The predicted octanol–water partition coefficient (Wildman–Crippen LogP) is 1.83. The summed E-state index contributed by atoms with van der Waals surface area (Å²) in [7, 11) is 1.72. The van der Waals surface area contributed by atoms with Gasteiger partial charge in [-0.05, 0) is 42.9 Å². The summed E-state index contributed by atoms with van der Waals surface area (Å²) < 4.78 is 11.0. The van der Waals surface area contributed by atoms with E-state index in [2.05, 4.69) is 17.9 Å². The molecule has 0 spiro atoms. The van der Waals surface area contributed by atoms with Crippen molar-refractivity contribution in [2.75, 3.05) is 59.7 Å². The highest BCUT2D eigenvalue weighted by molar-refractivity contribution is 5.96. The molecule has 198 valence electrons. The standard InChI is InChI=1S/C26H39N5O5/c1-3-4-10-29(13-9-27)25(33)17-30-16-20(19-5-6-22-23(15-19)36-18-35-22)14-21(30)7-12-31-24(32)8-11-28(2)26(31)34/h5-6,15,20-21H,3-4,7-14,16-18,27H2,1-2H3/t20-,21+/m1/s1. The fourth-order valence-electron chi connectivity index (χ4n) is 5.33. The third kappa shape index (κ3) is 5.92. The molecule has 3 aliphatic rings. The van der Waals surface area contributed by atoms with Crippen LogP contribution >= 0.6 is 0 Å². The van der Waals surface area contributed by atoms with Gasteiger partial charge in [-0.2, -0.15) is 0 Å². The smallest absolute Gasteiger partial charge is 0.326 e. The second-order valence-electron chi connectivity index (χ2n) is 9.94. The van der Waals surface area contributed by atoms with E-state index in [0.717, 1.165) is 42.9 Å². The lowest BCUT2D eigenvalue weighted by Gasteiger charge is -2.33. The second-order valence-corrected chi connectivity index (χ2v) is 9.94. The third-order valence-electron chi connectivity index (χ3n) is 7.47. The van der Waals surface area contributed by atoms with Crippen LogP contribution in [-0.4, -0.2) is 103 Å². The summed E-state index contributed by atoms with van der Waals surface area (Å²) in [4.78, 5) is 45.3. The zero-order valence-electron chi connectivity index (χ0n) is 21.5. The van der Waals surface area contributed by atoms with Gasteiger partial charge in [-0.25, -0.2) is 4.79 Å². The molecule has 0 aromatic heterocycles. The maximum atomic E-state index is 13.3. The Morgan fingerprint density at radius 1 is 1.19 bits per heavy atom. The van der Waals surface area contributed by atoms with E-state index in [4.69, 9.17) is 15.2 Å². The van der Waals surface area contributed by atoms with E-state index in [1.807, 2.05) is 17.0 Å². The van der Waals surface area contributed by atoms with E-state index in [0.29, 0.717) is 52.1 Å². The van der Waals surface area contributed by atoms with Gasteiger partial charge in [0.2, 0.25) is 18.6 Å². The van der Waals surface area contributed by atoms with Crippen LogP contribution in [0.1, 0.15) is 50.5 Å². The summed E-state index contributed by atoms with van der Waals surface area (Å²) in [6, 6.07) is 5.87. The van der Waals surface area contributed by atoms with Gasteiger partial charge in [0.25, 0.3) is 0 Å². The normalized spacial score (nSPS) is 22.0. The van der Waals surface area contributed by atoms with Crippen LogP contribution in [0.25, 0.3) is 0 Å². The number of imide groups is 1. The van der Waals surface area contributed by atoms with Gasteiger partial charge in [-0.1, -0.05) is 19.4 Å². The van der Waals surface area contributed by atoms with Crippen LogP contribution in [0.15, 0.2) is 18.2 Å². The number of nitrogens with two attached hydrogens (primary N) is 1. The van der Waals surface area contributed by atoms with Gasteiger partial charge in [0.05, 0.1) is 6.54 Å². The number of benzene rings is 1. The monoisotopic (exact) mass is 501 g/mol. The number of hydrogen-bond donors (Lipinski definition) is 1. The highest BCUT2D eigenvalue weighted by Crippen LogP contribution is 2.39. The Balaban J connectivity index is 1.47. The van der Waals surface area contributed by atoms with Gasteiger partial charge in [-0.3, -0.25) is 19.4 Å². The average Bonchev–Trinajstić information content (AvgIpc) is 3.50. The van der Waals surface area contributed by atoms with Crippen molar-refractivity contribution in [2.45, 2.75) is 51.0 Å². The second kappa shape index (κ2) is 11.9. The molecule has 3 aliphatic heterocycles. The van der Waals surface area contributed by atoms with Crippen LogP contribution in [-0.2, 0) is 9.59 Å². The number of unbranched alkanes of at least 4 members (excludes halogenated alkanes) is 1. The lowest BCUT2D eigenvalue weighted by atomic mass is 9.95. The number of urea groups is 1. The molecule has 4 rings (SSSR count). The van der Waals surface area contributed by atoms with Gasteiger partial charge >= 0.3 is 6.03 Å². The molecule has 2 fully saturated rings. The maximum Gasteiger partial charge on any atom is 0.326 e. The van der Waals surface area contributed by atoms with Crippen LogP contribution in [0.4, 0.5) is 4.79 Å². The van der Waals surface area contributed by atoms with E-state index in [-0.39, 0.29) is 36.6 Å². The molecule has 1 aromatic rings. The van der Waals surface area contributed by atoms with Gasteiger partial charge < -0.3 is 25.0 Å². The Morgan fingerprint density at radius 3 is 2.78 bits per heavy atom. The molecule has 10 nitrogen and oxygen atoms in total. The van der Waals surface area contributed by atoms with Crippen molar-refractivity contribution in [3.63, 3.8) is 0 Å². The summed E-state index contributed by atoms with van der Waals surface area (Å²) in [6.07, 6.45) is 3.78. The van der Waals surface area contributed by atoms with Crippen LogP contribution in [0.5, 0.6) is 11.5 Å². The van der Waals surface area contributed by atoms with Gasteiger partial charge in [0.1, 0.15) is 0 Å². The quantitative estimate of drug-likeness (QED) is 0.493. The van der Waals surface area contributed by atoms with Crippen molar-refractivity contribution < 1.29 is 23.9 Å². The van der Waals surface area contributed by atoms with Gasteiger partial charge in [0, 0.05) is 58.8 Å². The zero-order valence-corrected chi connectivity index (χ0v) is 21.5. The molecular formula is C26H39N5O5. The first-order valence-corrected chi connectivity index (χ1v) is 13.1. The minimum absolute atomic E-state index is 0.0723. The number of nitrogens with zero attached hydrogens (tertiary/aromatic N) is 4. The first-order chi connectivity index (χ1) is 17.4. The molecule has 2 N–H and O–H groups in total. The summed E-state index contributed by atoms with van der Waals surface area (Å²) in [5.74, 6) is 1.67. The molecule has 0 saturated carbocycles. The molecular weight excluding hydrogens is 462 g/mol. The molecule has 2 saturated heterocycles. The van der Waals surface area contributed by atoms with Crippen LogP contribution in [0.3, 0.4) is 0 Å². The van der Waals surface area contributed by atoms with Crippen molar-refractivity contribution in [2.24, 2.45) is 5.73 Å². The van der Waals surface area contributed by atoms with Crippen molar-refractivity contribution in [1.82, 2.24) is 19.6 Å². The third-order valence-corrected chi connectivity index (χ3v) is 7.47. The molecule has 0 radical (unpaired) electrons. The van der Waals surface area contributed by atoms with E-state index in [1.165, 1.54) is 4.90 Å². The van der Waals surface area contributed by atoms with Crippen molar-refractivity contribution in [3.05, 3.63) is 23.8 Å². The summed E-state index contributed by atoms with van der Waals surface area (Å²) in [6.45, 7) is 5.87. The van der Waals surface area contributed by atoms with E-state index in [9.17, 15) is 14.4 Å². The number of carbonyl (C=O) groups excluding carboxylic acids is 3. The number of hydrogen-bond acceptors (Lipinski definition) is 7. The minimum Gasteiger partial charge on any atom is -0.454 e.